The molecular weight excluding hydrogens is 107 g/mol. The van der Waals surface area contributed by atoms with Crippen LogP contribution in [0.3, 0.4) is 0 Å². The molecule has 1 saturated heterocycles. The lowest BCUT2D eigenvalue weighted by molar-refractivity contribution is 0.231. The summed E-state index contributed by atoms with van der Waals surface area (Å²) in [5.41, 5.74) is 0. The van der Waals surface area contributed by atoms with Gasteiger partial charge in [-0.3, -0.25) is 0 Å². The summed E-state index contributed by atoms with van der Waals surface area (Å²) in [5.74, 6) is 0. The van der Waals surface area contributed by atoms with Crippen molar-refractivity contribution in [3.05, 3.63) is 0 Å². The van der Waals surface area contributed by atoms with Crippen molar-refractivity contribution in [3.63, 3.8) is 0 Å². The molecule has 3 heteroatoms. The van der Waals surface area contributed by atoms with E-state index in [-0.39, 0.29) is 0 Å². The molecule has 1 heterocycles. The molecule has 0 radical (unpaired) electrons. The summed E-state index contributed by atoms with van der Waals surface area (Å²) < 4.78 is 13.8. The Hall–Kier alpha value is 0.452. The van der Waals surface area contributed by atoms with E-state index in [9.17, 15) is 0 Å². The van der Waals surface area contributed by atoms with Crippen molar-refractivity contribution in [1.29, 1.82) is 0 Å². The molecule has 0 aromatic carbocycles. The summed E-state index contributed by atoms with van der Waals surface area (Å²) >= 11 is -1.59. The zero-order chi connectivity index (χ0) is 5.11. The molecule has 1 aliphatic heterocycles. The highest BCUT2D eigenvalue weighted by molar-refractivity contribution is 6.42. The second kappa shape index (κ2) is 2.69. The molecule has 0 saturated carbocycles. The summed E-state index contributed by atoms with van der Waals surface area (Å²) in [7, 11) is 0. The highest BCUT2D eigenvalue weighted by atomic mass is 27.2. The molecule has 2 nitrogen and oxygen atoms in total. The third-order valence-electron chi connectivity index (χ3n) is 1.16. The van der Waals surface area contributed by atoms with Crippen molar-refractivity contribution < 1.29 is 7.95 Å². The van der Waals surface area contributed by atoms with E-state index >= 15 is 0 Å². The zero-order valence-electron chi connectivity index (χ0n) is 4.26. The molecule has 7 heavy (non-hydrogen) atoms. The molecule has 0 aliphatic carbocycles. The van der Waals surface area contributed by atoms with E-state index in [1.54, 1.807) is 0 Å². The predicted molar refractivity (Wildman–Crippen MR) is 28.0 cm³/mol. The summed E-state index contributed by atoms with van der Waals surface area (Å²) in [6.45, 7) is 0.799. The van der Waals surface area contributed by atoms with Gasteiger partial charge in [0.2, 0.25) is 0 Å². The van der Waals surface area contributed by atoms with Crippen LogP contribution in [-0.2, 0) is 3.79 Å². The Morgan fingerprint density at radius 1 is 1.43 bits per heavy atom. The van der Waals surface area contributed by atoms with Crippen LogP contribution in [0.5, 0.6) is 0 Å². The van der Waals surface area contributed by atoms with Gasteiger partial charge in [0.15, 0.2) is 0 Å². The van der Waals surface area contributed by atoms with Gasteiger partial charge in [-0.1, -0.05) is 6.42 Å². The number of rotatable bonds is 0. The fourth-order valence-electron chi connectivity index (χ4n) is 0.724. The summed E-state index contributed by atoms with van der Waals surface area (Å²) in [6, 6.07) is 0. The van der Waals surface area contributed by atoms with Crippen molar-refractivity contribution in [1.82, 2.24) is 0 Å². The van der Waals surface area contributed by atoms with Gasteiger partial charge in [-0.2, -0.15) is 0 Å². The Morgan fingerprint density at radius 2 is 2.29 bits per heavy atom. The van der Waals surface area contributed by atoms with Crippen molar-refractivity contribution in [2.45, 2.75) is 18.1 Å². The van der Waals surface area contributed by atoms with E-state index in [4.69, 9.17) is 7.95 Å². The molecule has 1 aliphatic rings. The maximum Gasteiger partial charge on any atom is 0.672 e. The van der Waals surface area contributed by atoms with Crippen LogP contribution < -0.4 is 0 Å². The summed E-state index contributed by atoms with van der Waals surface area (Å²) in [4.78, 5) is 0. The normalized spacial score (nSPS) is 22.7. The predicted octanol–water partition coefficient (Wildman–Crippen LogP) is 0.277. The van der Waals surface area contributed by atoms with Crippen molar-refractivity contribution in [2.24, 2.45) is 0 Å². The van der Waals surface area contributed by atoms with Crippen molar-refractivity contribution in [3.8, 4) is 0 Å². The Kier molecular flexibility index (Phi) is 2.14. The van der Waals surface area contributed by atoms with E-state index in [0.29, 0.717) is 0 Å². The third-order valence-corrected chi connectivity index (χ3v) is 2.68. The topological polar surface area (TPSA) is 29.5 Å². The van der Waals surface area contributed by atoms with E-state index < -0.39 is 14.8 Å². The number of hydrogen-bond acceptors (Lipinski definition) is 2. The lowest BCUT2D eigenvalue weighted by Gasteiger charge is -2.11. The SMILES string of the molecule is [OH][Al]1[CH2]CCC[O]1. The Labute approximate surface area is 48.2 Å². The first kappa shape index (κ1) is 5.59. The Bertz CT molecular complexity index is 51.7. The molecule has 1 N–H and O–H groups in total. The van der Waals surface area contributed by atoms with E-state index in [1.807, 2.05) is 0 Å². The van der Waals surface area contributed by atoms with E-state index in [0.717, 1.165) is 18.3 Å². The maximum absolute atomic E-state index is 8.83. The summed E-state index contributed by atoms with van der Waals surface area (Å²) in [6.07, 6.45) is 2.32. The van der Waals surface area contributed by atoms with E-state index in [1.165, 1.54) is 6.42 Å². The maximum atomic E-state index is 8.83. The van der Waals surface area contributed by atoms with Gasteiger partial charge in [0, 0.05) is 6.61 Å². The van der Waals surface area contributed by atoms with Crippen LogP contribution in [0.25, 0.3) is 0 Å². The molecule has 0 aromatic rings. The van der Waals surface area contributed by atoms with E-state index in [2.05, 4.69) is 0 Å². The standard InChI is InChI=1S/C4H8O.Al.H2O/c1-2-3-4-5;;/h1-4H2;;1H2/q-1;+2;/p-1. The fraction of sp³-hybridized carbons (Fsp3) is 1.00. The average molecular weight is 116 g/mol. The lowest BCUT2D eigenvalue weighted by Crippen LogP contribution is -2.22. The molecule has 0 amide bonds. The summed E-state index contributed by atoms with van der Waals surface area (Å²) in [5, 5.41) is 0.958. The molecule has 0 unspecified atom stereocenters. The Balaban J connectivity index is 2.12. The smallest absolute Gasteiger partial charge is 0.493 e. The molecule has 0 atom stereocenters. The van der Waals surface area contributed by atoms with Gasteiger partial charge in [0.25, 0.3) is 0 Å². The van der Waals surface area contributed by atoms with Gasteiger partial charge in [-0.05, 0) is 11.7 Å². The second-order valence-corrected chi connectivity index (χ2v) is 3.64. The minimum Gasteiger partial charge on any atom is -0.493 e. The van der Waals surface area contributed by atoms with Gasteiger partial charge in [-0.25, -0.2) is 0 Å². The van der Waals surface area contributed by atoms with Gasteiger partial charge < -0.3 is 7.95 Å². The fourth-order valence-corrected chi connectivity index (χ4v) is 1.97. The third kappa shape index (κ3) is 1.79. The Morgan fingerprint density at radius 3 is 2.57 bits per heavy atom. The van der Waals surface area contributed by atoms with Gasteiger partial charge in [0.05, 0.1) is 0 Å². The first-order chi connectivity index (χ1) is 3.39. The van der Waals surface area contributed by atoms with Crippen LogP contribution in [0.4, 0.5) is 0 Å². The molecular formula is C4H9AlO2. The lowest BCUT2D eigenvalue weighted by atomic mass is 10.4. The largest absolute Gasteiger partial charge is 0.672 e. The highest BCUT2D eigenvalue weighted by Gasteiger charge is 2.22. The van der Waals surface area contributed by atoms with Crippen LogP contribution in [0, 0.1) is 0 Å². The monoisotopic (exact) mass is 116 g/mol. The van der Waals surface area contributed by atoms with Crippen LogP contribution in [-0.4, -0.2) is 25.6 Å². The molecule has 1 rings (SSSR count). The van der Waals surface area contributed by atoms with Gasteiger partial charge in [0.1, 0.15) is 0 Å². The molecule has 40 valence electrons. The van der Waals surface area contributed by atoms with Crippen LogP contribution >= 0.6 is 0 Å². The average Bonchev–Trinajstić information content (AvgIpc) is 1.69. The minimum absolute atomic E-state index is 0.799. The molecule has 0 aromatic heterocycles. The quantitative estimate of drug-likeness (QED) is 0.460. The van der Waals surface area contributed by atoms with Gasteiger partial charge >= 0.3 is 14.8 Å². The van der Waals surface area contributed by atoms with Crippen molar-refractivity contribution in [2.75, 3.05) is 6.61 Å². The van der Waals surface area contributed by atoms with Gasteiger partial charge in [-0.15, -0.1) is 0 Å². The first-order valence-electron chi connectivity index (χ1n) is 2.69. The molecule has 0 spiro atoms. The van der Waals surface area contributed by atoms with Crippen molar-refractivity contribution >= 4 is 14.8 Å². The van der Waals surface area contributed by atoms with Crippen LogP contribution in [0.2, 0.25) is 5.28 Å². The molecule has 0 bridgehead atoms. The zero-order valence-corrected chi connectivity index (χ0v) is 5.42. The second-order valence-electron chi connectivity index (χ2n) is 1.82. The minimum atomic E-state index is -1.59. The molecule has 1 fully saturated rings. The number of hydrogen-bond donors (Lipinski definition) is 1. The van der Waals surface area contributed by atoms with Crippen LogP contribution in [0.15, 0.2) is 0 Å². The highest BCUT2D eigenvalue weighted by Crippen LogP contribution is 2.07. The van der Waals surface area contributed by atoms with Crippen LogP contribution in [0.1, 0.15) is 12.8 Å². The first-order valence-corrected chi connectivity index (χ1v) is 4.50.